The molecule has 1 aliphatic heterocycles. The van der Waals surface area contributed by atoms with Crippen molar-refractivity contribution in [1.82, 2.24) is 4.98 Å². The van der Waals surface area contributed by atoms with Gasteiger partial charge in [0.2, 0.25) is 0 Å². The van der Waals surface area contributed by atoms with Gasteiger partial charge in [0, 0.05) is 25.1 Å². The minimum absolute atomic E-state index is 0.132. The third kappa shape index (κ3) is 4.22. The van der Waals surface area contributed by atoms with Crippen molar-refractivity contribution >= 4 is 34.8 Å². The molecule has 0 spiro atoms. The van der Waals surface area contributed by atoms with Crippen molar-refractivity contribution in [1.29, 1.82) is 0 Å². The van der Waals surface area contributed by atoms with E-state index in [2.05, 4.69) is 10.3 Å². The van der Waals surface area contributed by atoms with E-state index in [0.29, 0.717) is 30.2 Å². The van der Waals surface area contributed by atoms with Crippen LogP contribution in [-0.4, -0.2) is 43.4 Å². The number of hydrogen-bond donors (Lipinski definition) is 1. The summed E-state index contributed by atoms with van der Waals surface area (Å²) in [6.45, 7) is 0.928. The van der Waals surface area contributed by atoms with E-state index in [-0.39, 0.29) is 28.2 Å². The Bertz CT molecular complexity index is 752. The topological polar surface area (TPSA) is 69.7 Å². The fourth-order valence-electron chi connectivity index (χ4n) is 2.45. The zero-order valence-corrected chi connectivity index (χ0v) is 14.9. The summed E-state index contributed by atoms with van der Waals surface area (Å²) in [5.74, 6) is 0.198. The molecule has 1 aromatic carbocycles. The van der Waals surface area contributed by atoms with E-state index in [9.17, 15) is 4.79 Å². The second-order valence-electron chi connectivity index (χ2n) is 5.43. The molecule has 1 aliphatic rings. The first kappa shape index (κ1) is 17.9. The highest BCUT2D eigenvalue weighted by atomic mass is 35.5. The molecule has 0 saturated carbocycles. The molecule has 2 aromatic rings. The number of ether oxygens (including phenoxy) is 3. The molecule has 1 aromatic heterocycles. The maximum absolute atomic E-state index is 12.5. The first-order chi connectivity index (χ1) is 12.1. The lowest BCUT2D eigenvalue weighted by atomic mass is 10.2. The minimum Gasteiger partial charge on any atom is -0.485 e. The number of nitrogens with one attached hydrogen (secondary N) is 1. The van der Waals surface area contributed by atoms with E-state index >= 15 is 0 Å². The second-order valence-corrected chi connectivity index (χ2v) is 6.24. The quantitative estimate of drug-likeness (QED) is 0.857. The predicted octanol–water partition coefficient (Wildman–Crippen LogP) is 3.43. The number of benzene rings is 1. The molecule has 6 nitrogen and oxygen atoms in total. The van der Waals surface area contributed by atoms with Gasteiger partial charge in [-0.2, -0.15) is 0 Å². The van der Waals surface area contributed by atoms with Gasteiger partial charge in [-0.05, 0) is 18.2 Å². The average molecular weight is 383 g/mol. The summed E-state index contributed by atoms with van der Waals surface area (Å²) >= 11 is 12.0. The van der Waals surface area contributed by atoms with Crippen molar-refractivity contribution in [3.63, 3.8) is 0 Å². The number of carbonyl (C=O) groups is 1. The highest BCUT2D eigenvalue weighted by Crippen LogP contribution is 2.29. The fraction of sp³-hybridized carbons (Fsp3) is 0.294. The third-order valence-electron chi connectivity index (χ3n) is 3.76. The number of nitrogens with zero attached hydrogens (tertiary/aromatic N) is 1. The summed E-state index contributed by atoms with van der Waals surface area (Å²) in [5, 5.41) is 3.21. The molecule has 1 saturated heterocycles. The maximum Gasteiger partial charge on any atom is 0.255 e. The molecular weight excluding hydrogens is 367 g/mol. The fourth-order valence-corrected chi connectivity index (χ4v) is 2.91. The Kier molecular flexibility index (Phi) is 5.75. The zero-order chi connectivity index (χ0) is 17.8. The van der Waals surface area contributed by atoms with Crippen LogP contribution in [0.15, 0.2) is 36.7 Å². The van der Waals surface area contributed by atoms with Crippen molar-refractivity contribution in [3.8, 4) is 5.75 Å². The first-order valence-corrected chi connectivity index (χ1v) is 8.31. The molecule has 132 valence electrons. The zero-order valence-electron chi connectivity index (χ0n) is 13.4. The van der Waals surface area contributed by atoms with Gasteiger partial charge in [0.05, 0.1) is 28.9 Å². The number of pyridine rings is 1. The van der Waals surface area contributed by atoms with Gasteiger partial charge in [0.25, 0.3) is 5.91 Å². The second kappa shape index (κ2) is 8.01. The van der Waals surface area contributed by atoms with Gasteiger partial charge in [0.15, 0.2) is 6.10 Å². The van der Waals surface area contributed by atoms with Gasteiger partial charge in [0.1, 0.15) is 11.9 Å². The molecule has 8 heteroatoms. The summed E-state index contributed by atoms with van der Waals surface area (Å²) in [6.07, 6.45) is 2.47. The van der Waals surface area contributed by atoms with Crippen LogP contribution in [0.25, 0.3) is 0 Å². The predicted molar refractivity (Wildman–Crippen MR) is 94.7 cm³/mol. The Morgan fingerprint density at radius 3 is 2.68 bits per heavy atom. The SMILES string of the molecule is COC1COCC1Oc1cccc(C(=O)Nc2c(Cl)cncc2Cl)c1. The van der Waals surface area contributed by atoms with E-state index in [0.717, 1.165) is 0 Å². The van der Waals surface area contributed by atoms with E-state index in [4.69, 9.17) is 37.4 Å². The van der Waals surface area contributed by atoms with E-state index in [1.807, 2.05) is 0 Å². The van der Waals surface area contributed by atoms with Crippen LogP contribution >= 0.6 is 23.2 Å². The van der Waals surface area contributed by atoms with E-state index in [1.165, 1.54) is 12.4 Å². The van der Waals surface area contributed by atoms with Gasteiger partial charge >= 0.3 is 0 Å². The number of methoxy groups -OCH3 is 1. The van der Waals surface area contributed by atoms with E-state index in [1.54, 1.807) is 31.4 Å². The Morgan fingerprint density at radius 1 is 1.24 bits per heavy atom. The van der Waals surface area contributed by atoms with Crippen LogP contribution in [-0.2, 0) is 9.47 Å². The van der Waals surface area contributed by atoms with Crippen LogP contribution in [0, 0.1) is 0 Å². The van der Waals surface area contributed by atoms with Crippen LogP contribution in [0.1, 0.15) is 10.4 Å². The molecular formula is C17H16Cl2N2O4. The molecule has 1 fully saturated rings. The highest BCUT2D eigenvalue weighted by molar-refractivity contribution is 6.39. The third-order valence-corrected chi connectivity index (χ3v) is 4.33. The number of hydrogen-bond acceptors (Lipinski definition) is 5. The highest BCUT2D eigenvalue weighted by Gasteiger charge is 2.30. The lowest BCUT2D eigenvalue weighted by Crippen LogP contribution is -2.31. The van der Waals surface area contributed by atoms with Gasteiger partial charge in [-0.1, -0.05) is 29.3 Å². The minimum atomic E-state index is -0.355. The van der Waals surface area contributed by atoms with Gasteiger partial charge in [-0.25, -0.2) is 0 Å². The lowest BCUT2D eigenvalue weighted by Gasteiger charge is -2.18. The van der Waals surface area contributed by atoms with Gasteiger partial charge in [-0.3, -0.25) is 9.78 Å². The Hall–Kier alpha value is -1.86. The molecule has 25 heavy (non-hydrogen) atoms. The largest absolute Gasteiger partial charge is 0.485 e. The molecule has 0 bridgehead atoms. The van der Waals surface area contributed by atoms with Gasteiger partial charge < -0.3 is 19.5 Å². The maximum atomic E-state index is 12.5. The summed E-state index contributed by atoms with van der Waals surface area (Å²) in [5.41, 5.74) is 0.729. The van der Waals surface area contributed by atoms with Crippen molar-refractivity contribution < 1.29 is 19.0 Å². The Labute approximate surface area is 155 Å². The van der Waals surface area contributed by atoms with Crippen molar-refractivity contribution in [2.45, 2.75) is 12.2 Å². The number of aromatic nitrogens is 1. The normalized spacial score (nSPS) is 19.6. The number of anilines is 1. The number of rotatable bonds is 5. The van der Waals surface area contributed by atoms with Crippen molar-refractivity contribution in [2.75, 3.05) is 25.6 Å². The van der Waals surface area contributed by atoms with Crippen LogP contribution in [0.5, 0.6) is 5.75 Å². The molecule has 2 heterocycles. The molecule has 3 rings (SSSR count). The smallest absolute Gasteiger partial charge is 0.255 e. The summed E-state index contributed by atoms with van der Waals surface area (Å²) in [4.78, 5) is 16.3. The molecule has 0 radical (unpaired) electrons. The van der Waals surface area contributed by atoms with E-state index < -0.39 is 0 Å². The Morgan fingerprint density at radius 2 is 1.96 bits per heavy atom. The Balaban J connectivity index is 1.73. The van der Waals surface area contributed by atoms with Crippen molar-refractivity contribution in [2.24, 2.45) is 0 Å². The van der Waals surface area contributed by atoms with Crippen LogP contribution in [0.3, 0.4) is 0 Å². The number of halogens is 2. The van der Waals surface area contributed by atoms with Crippen LogP contribution < -0.4 is 10.1 Å². The molecule has 2 unspecified atom stereocenters. The van der Waals surface area contributed by atoms with Crippen molar-refractivity contribution in [3.05, 3.63) is 52.3 Å². The lowest BCUT2D eigenvalue weighted by molar-refractivity contribution is 0.0326. The molecule has 1 N–H and O–H groups in total. The summed E-state index contributed by atoms with van der Waals surface area (Å²) in [6, 6.07) is 6.82. The number of amides is 1. The number of carbonyl (C=O) groups excluding carboxylic acids is 1. The van der Waals surface area contributed by atoms with Crippen LogP contribution in [0.4, 0.5) is 5.69 Å². The monoisotopic (exact) mass is 382 g/mol. The molecule has 0 aliphatic carbocycles. The van der Waals surface area contributed by atoms with Gasteiger partial charge in [-0.15, -0.1) is 0 Å². The average Bonchev–Trinajstić information content (AvgIpc) is 3.05. The first-order valence-electron chi connectivity index (χ1n) is 7.56. The molecule has 1 amide bonds. The molecule has 2 atom stereocenters. The van der Waals surface area contributed by atoms with Crippen LogP contribution in [0.2, 0.25) is 10.0 Å². The summed E-state index contributed by atoms with van der Waals surface area (Å²) in [7, 11) is 1.61. The summed E-state index contributed by atoms with van der Waals surface area (Å²) < 4.78 is 16.5. The standard InChI is InChI=1S/C17H16Cl2N2O4/c1-23-14-8-24-9-15(14)25-11-4-2-3-10(5-11)17(22)21-16-12(18)6-20-7-13(16)19/h2-7,14-15H,8-9H2,1H3,(H,20,21,22).